The molecule has 1 atom stereocenters. The van der Waals surface area contributed by atoms with Gasteiger partial charge in [0.2, 0.25) is 0 Å². The van der Waals surface area contributed by atoms with Crippen molar-refractivity contribution in [2.75, 3.05) is 0 Å². The first-order chi connectivity index (χ1) is 26.0. The van der Waals surface area contributed by atoms with Crippen molar-refractivity contribution in [3.05, 3.63) is 145 Å². The predicted octanol–water partition coefficient (Wildman–Crippen LogP) is 13.1. The van der Waals surface area contributed by atoms with Gasteiger partial charge in [-0.2, -0.15) is 0 Å². The van der Waals surface area contributed by atoms with Gasteiger partial charge < -0.3 is 0 Å². The van der Waals surface area contributed by atoms with E-state index in [0.29, 0.717) is 5.92 Å². The summed E-state index contributed by atoms with van der Waals surface area (Å²) in [6.45, 7) is 9.13. The minimum absolute atomic E-state index is 0. The van der Waals surface area contributed by atoms with Crippen LogP contribution in [-0.2, 0) is 20.1 Å². The molecule has 0 fully saturated rings. The van der Waals surface area contributed by atoms with E-state index >= 15 is 0 Å². The molecule has 0 spiro atoms. The van der Waals surface area contributed by atoms with Crippen molar-refractivity contribution in [2.45, 2.75) is 68.2 Å². The van der Waals surface area contributed by atoms with Gasteiger partial charge in [-0.3, -0.25) is 0 Å². The molecular formula is C50H52Ge2IrN2O-2. The largest absolute Gasteiger partial charge is 0 e. The van der Waals surface area contributed by atoms with Gasteiger partial charge in [0.05, 0.1) is 0 Å². The van der Waals surface area contributed by atoms with Crippen molar-refractivity contribution in [3.8, 4) is 33.6 Å². The van der Waals surface area contributed by atoms with Gasteiger partial charge in [0, 0.05) is 26.3 Å². The third kappa shape index (κ3) is 9.32. The zero-order chi connectivity index (χ0) is 39.1. The van der Waals surface area contributed by atoms with Crippen LogP contribution in [0.4, 0.5) is 0 Å². The Hall–Kier alpha value is -3.80. The summed E-state index contributed by atoms with van der Waals surface area (Å²) in [5.74, 6) is 14.9. The quantitative estimate of drug-likeness (QED) is 0.123. The summed E-state index contributed by atoms with van der Waals surface area (Å²) >= 11 is -3.59. The number of fused-ring (bicyclic) bond motifs is 4. The van der Waals surface area contributed by atoms with Gasteiger partial charge in [-0.05, 0) is 17.4 Å². The molecule has 56 heavy (non-hydrogen) atoms. The Morgan fingerprint density at radius 1 is 0.589 bits per heavy atom. The van der Waals surface area contributed by atoms with Crippen molar-refractivity contribution < 1.29 is 24.5 Å². The average Bonchev–Trinajstić information content (AvgIpc) is 3.54. The zero-order valence-electron chi connectivity index (χ0n) is 34.3. The van der Waals surface area contributed by atoms with Crippen LogP contribution in [0.25, 0.3) is 66.4 Å². The Morgan fingerprint density at radius 2 is 1.21 bits per heavy atom. The molecular weight excluding hydrogens is 982 g/mol. The summed E-state index contributed by atoms with van der Waals surface area (Å²) < 4.78 is 9.13. The third-order valence-corrected chi connectivity index (χ3v) is 19.5. The van der Waals surface area contributed by atoms with Gasteiger partial charge in [-0.1, -0.05) is 33.3 Å². The summed E-state index contributed by atoms with van der Waals surface area (Å²) in [5, 5.41) is 4.69. The minimum Gasteiger partial charge on any atom is 0 e. The number of aromatic nitrogens is 2. The van der Waals surface area contributed by atoms with Crippen LogP contribution in [0.3, 0.4) is 0 Å². The van der Waals surface area contributed by atoms with E-state index in [4.69, 9.17) is 4.42 Å². The fraction of sp³-hybridized carbons (Fsp3) is 0.240. The standard InChI is InChI=1S/C32H34GeNO.C18H18GeN.Ir/c1-21(32(2,3)4)23-16-17-34-29(20-23)25-11-15-31-28(19-25)27-18-24(10-14-30(27)35-31)22-8-12-26(13-9-22)33(5,6)7;1-19(2,3)17-10-11-18(20-13-17)16-9-8-14-6-4-5-7-15(14)12-16;/h8-10,12-21H,1-7H3;4-8,10-13H,1-3H3;/q2*-1;. The molecule has 0 bridgehead atoms. The van der Waals surface area contributed by atoms with Crippen LogP contribution in [0.5, 0.6) is 0 Å². The van der Waals surface area contributed by atoms with Crippen LogP contribution in [-0.4, -0.2) is 36.5 Å². The maximum Gasteiger partial charge on any atom is 0 e. The van der Waals surface area contributed by atoms with E-state index in [2.05, 4.69) is 194 Å². The van der Waals surface area contributed by atoms with E-state index in [-0.39, 0.29) is 25.5 Å². The molecule has 8 rings (SSSR count). The van der Waals surface area contributed by atoms with Gasteiger partial charge in [0.1, 0.15) is 0 Å². The fourth-order valence-electron chi connectivity index (χ4n) is 6.85. The van der Waals surface area contributed by atoms with Crippen molar-refractivity contribution >= 4 is 68.0 Å². The van der Waals surface area contributed by atoms with Gasteiger partial charge in [0.25, 0.3) is 0 Å². The molecule has 0 saturated heterocycles. The van der Waals surface area contributed by atoms with E-state index < -0.39 is 26.5 Å². The molecule has 3 nitrogen and oxygen atoms in total. The number of pyridine rings is 2. The normalized spacial score (nSPS) is 12.6. The molecule has 6 heteroatoms. The third-order valence-electron chi connectivity index (χ3n) is 10.9. The van der Waals surface area contributed by atoms with Crippen molar-refractivity contribution in [1.29, 1.82) is 0 Å². The maximum atomic E-state index is 6.16. The smallest absolute Gasteiger partial charge is 0 e. The Morgan fingerprint density at radius 3 is 1.88 bits per heavy atom. The Kier molecular flexibility index (Phi) is 12.4. The number of rotatable bonds is 6. The molecule has 0 aliphatic rings. The summed E-state index contributed by atoms with van der Waals surface area (Å²) in [6.07, 6.45) is 3.97. The second kappa shape index (κ2) is 16.6. The topological polar surface area (TPSA) is 38.9 Å². The van der Waals surface area contributed by atoms with Crippen LogP contribution in [0, 0.1) is 17.5 Å². The van der Waals surface area contributed by atoms with Gasteiger partial charge in [-0.15, -0.1) is 0 Å². The molecule has 1 radical (unpaired) electrons. The molecule has 3 aromatic heterocycles. The Bertz CT molecular complexity index is 2610. The molecule has 0 aliphatic heterocycles. The molecule has 0 N–H and O–H groups in total. The monoisotopic (exact) mass is 1040 g/mol. The van der Waals surface area contributed by atoms with Crippen molar-refractivity contribution in [1.82, 2.24) is 9.97 Å². The molecule has 3 heterocycles. The number of hydrogen-bond donors (Lipinski definition) is 0. The Labute approximate surface area is 352 Å². The fourth-order valence-corrected chi connectivity index (χ4v) is 11.5. The molecule has 0 aliphatic carbocycles. The SMILES string of the molecule is CC(c1ccnc(-c2[c-]cc3oc4ccc(-c5cc[c]([Ge]([CH3])([CH3])[CH3])cc5)cc4c3c2)c1)C(C)(C)C.[CH3][Ge]([CH3])([CH3])[c]1ccc(-c2[c-]cc3ccccc3c2)nc1.[Ir]. The maximum absolute atomic E-state index is 6.16. The van der Waals surface area contributed by atoms with Gasteiger partial charge in [0.15, 0.2) is 0 Å². The van der Waals surface area contributed by atoms with Crippen LogP contribution in [0.2, 0.25) is 34.5 Å². The van der Waals surface area contributed by atoms with Crippen LogP contribution in [0.1, 0.15) is 39.2 Å². The molecule has 287 valence electrons. The van der Waals surface area contributed by atoms with Crippen LogP contribution < -0.4 is 8.79 Å². The molecule has 0 saturated carbocycles. The average molecular weight is 1030 g/mol. The summed E-state index contributed by atoms with van der Waals surface area (Å²) in [5.41, 5.74) is 9.73. The minimum atomic E-state index is -1.82. The summed E-state index contributed by atoms with van der Waals surface area (Å²) in [4.78, 5) is 9.32. The number of benzene rings is 5. The number of hydrogen-bond acceptors (Lipinski definition) is 3. The van der Waals surface area contributed by atoms with Gasteiger partial charge in [-0.25, -0.2) is 0 Å². The van der Waals surface area contributed by atoms with E-state index in [1.165, 1.54) is 36.3 Å². The summed E-state index contributed by atoms with van der Waals surface area (Å²) in [7, 11) is 0. The van der Waals surface area contributed by atoms with E-state index in [0.717, 1.165) is 44.5 Å². The summed E-state index contributed by atoms with van der Waals surface area (Å²) in [6, 6.07) is 47.8. The second-order valence-corrected chi connectivity index (χ2v) is 39.3. The zero-order valence-corrected chi connectivity index (χ0v) is 40.9. The van der Waals surface area contributed by atoms with E-state index in [9.17, 15) is 0 Å². The van der Waals surface area contributed by atoms with Crippen LogP contribution >= 0.6 is 0 Å². The molecule has 5 aromatic carbocycles. The van der Waals surface area contributed by atoms with Crippen molar-refractivity contribution in [2.24, 2.45) is 5.41 Å². The van der Waals surface area contributed by atoms with E-state index in [1.807, 2.05) is 18.3 Å². The molecule has 8 aromatic rings. The second-order valence-electron chi connectivity index (χ2n) is 18.0. The molecule has 0 amide bonds. The Balaban J connectivity index is 0.000000215. The van der Waals surface area contributed by atoms with Crippen molar-refractivity contribution in [3.63, 3.8) is 0 Å². The van der Waals surface area contributed by atoms with Crippen LogP contribution in [0.15, 0.2) is 132 Å². The number of nitrogens with zero attached hydrogens (tertiary/aromatic N) is 2. The first-order valence-corrected chi connectivity index (χ1v) is 34.1. The van der Waals surface area contributed by atoms with E-state index in [1.54, 1.807) is 0 Å². The number of furan rings is 1. The predicted molar refractivity (Wildman–Crippen MR) is 241 cm³/mol. The first kappa shape index (κ1) is 41.8. The first-order valence-electron chi connectivity index (χ1n) is 19.4. The van der Waals surface area contributed by atoms with Gasteiger partial charge >= 0.3 is 278 Å². The molecule has 1 unspecified atom stereocenters.